The van der Waals surface area contributed by atoms with Crippen LogP contribution in [-0.4, -0.2) is 78.9 Å². The Balaban J connectivity index is 1.22. The van der Waals surface area contributed by atoms with E-state index >= 15 is 0 Å². The van der Waals surface area contributed by atoms with E-state index in [0.29, 0.717) is 35.5 Å². The van der Waals surface area contributed by atoms with Crippen LogP contribution < -0.4 is 5.32 Å². The summed E-state index contributed by atoms with van der Waals surface area (Å²) in [7, 11) is 0. The second-order valence-electron chi connectivity index (χ2n) is 9.52. The molecule has 0 bridgehead atoms. The maximum atomic E-state index is 12.7. The number of rotatable bonds is 5. The largest absolute Gasteiger partial charge is 0.341 e. The molecule has 7 nitrogen and oxygen atoms in total. The molecule has 3 heterocycles. The first-order valence-corrected chi connectivity index (χ1v) is 12.3. The van der Waals surface area contributed by atoms with E-state index in [1.165, 1.54) is 11.3 Å². The number of amides is 2. The SMILES string of the molecule is CC1CC(C)CN(C(=O)CN2CCN(CC(=O)Nc3sc4c(c3C#N)CCC4)CC2)C1. The van der Waals surface area contributed by atoms with Gasteiger partial charge in [-0.15, -0.1) is 11.3 Å². The summed E-state index contributed by atoms with van der Waals surface area (Å²) in [6.45, 7) is 10.2. The molecule has 8 heteroatoms. The van der Waals surface area contributed by atoms with Gasteiger partial charge < -0.3 is 10.2 Å². The lowest BCUT2D eigenvalue weighted by Crippen LogP contribution is -2.52. The maximum Gasteiger partial charge on any atom is 0.239 e. The van der Waals surface area contributed by atoms with Crippen LogP contribution in [0.1, 0.15) is 42.7 Å². The lowest BCUT2D eigenvalue weighted by atomic mass is 9.92. The van der Waals surface area contributed by atoms with Crippen LogP contribution in [0.3, 0.4) is 0 Å². The van der Waals surface area contributed by atoms with E-state index in [4.69, 9.17) is 0 Å². The molecule has 2 unspecified atom stereocenters. The number of nitrogens with one attached hydrogen (secondary N) is 1. The molecule has 3 aliphatic rings. The van der Waals surface area contributed by atoms with Crippen LogP contribution in [0.5, 0.6) is 0 Å². The Labute approximate surface area is 189 Å². The Morgan fingerprint density at radius 3 is 2.35 bits per heavy atom. The van der Waals surface area contributed by atoms with Gasteiger partial charge in [0.1, 0.15) is 11.1 Å². The smallest absolute Gasteiger partial charge is 0.239 e. The van der Waals surface area contributed by atoms with Gasteiger partial charge in [0.2, 0.25) is 11.8 Å². The van der Waals surface area contributed by atoms with Crippen molar-refractivity contribution < 1.29 is 9.59 Å². The number of likely N-dealkylation sites (tertiary alicyclic amines) is 1. The first kappa shape index (κ1) is 22.3. The minimum atomic E-state index is -0.0581. The number of piperidine rings is 1. The Kier molecular flexibility index (Phi) is 6.95. The lowest BCUT2D eigenvalue weighted by molar-refractivity contribution is -0.135. The van der Waals surface area contributed by atoms with Crippen LogP contribution in [0.25, 0.3) is 0 Å². The van der Waals surface area contributed by atoms with Crippen LogP contribution in [0, 0.1) is 23.2 Å². The number of anilines is 1. The summed E-state index contributed by atoms with van der Waals surface area (Å²) in [5.41, 5.74) is 1.80. The van der Waals surface area contributed by atoms with Crippen molar-refractivity contribution in [3.8, 4) is 6.07 Å². The average Bonchev–Trinajstić information content (AvgIpc) is 3.29. The lowest BCUT2D eigenvalue weighted by Gasteiger charge is -2.38. The van der Waals surface area contributed by atoms with E-state index in [0.717, 1.165) is 64.1 Å². The van der Waals surface area contributed by atoms with Gasteiger partial charge in [0.25, 0.3) is 0 Å². The third kappa shape index (κ3) is 5.28. The standard InChI is InChI=1S/C23H33N5O2S/c1-16-10-17(2)13-28(12-16)22(30)15-27-8-6-26(7-9-27)14-21(29)25-23-19(11-24)18-4-3-5-20(18)31-23/h16-17H,3-10,12-15H2,1-2H3,(H,25,29). The van der Waals surface area contributed by atoms with E-state index in [9.17, 15) is 14.9 Å². The fraction of sp³-hybridized carbons (Fsp3) is 0.696. The normalized spacial score (nSPS) is 24.6. The van der Waals surface area contributed by atoms with Crippen LogP contribution >= 0.6 is 11.3 Å². The zero-order valence-electron chi connectivity index (χ0n) is 18.7. The topological polar surface area (TPSA) is 79.7 Å². The predicted octanol–water partition coefficient (Wildman–Crippen LogP) is 2.17. The number of aryl methyl sites for hydroxylation is 1. The van der Waals surface area contributed by atoms with Gasteiger partial charge in [-0.05, 0) is 43.1 Å². The summed E-state index contributed by atoms with van der Waals surface area (Å²) < 4.78 is 0. The molecule has 0 spiro atoms. The molecule has 2 fully saturated rings. The minimum Gasteiger partial charge on any atom is -0.341 e. The average molecular weight is 444 g/mol. The van der Waals surface area contributed by atoms with E-state index in [-0.39, 0.29) is 11.8 Å². The minimum absolute atomic E-state index is 0.0581. The number of carbonyl (C=O) groups is 2. The van der Waals surface area contributed by atoms with Gasteiger partial charge in [-0.1, -0.05) is 13.8 Å². The number of carbonyl (C=O) groups excluding carboxylic acids is 2. The fourth-order valence-electron chi connectivity index (χ4n) is 5.24. The van der Waals surface area contributed by atoms with Crippen molar-refractivity contribution in [3.05, 3.63) is 16.0 Å². The summed E-state index contributed by atoms with van der Waals surface area (Å²) in [5.74, 6) is 1.33. The van der Waals surface area contributed by atoms with Crippen molar-refractivity contribution in [3.63, 3.8) is 0 Å². The highest BCUT2D eigenvalue weighted by Gasteiger charge is 2.28. The zero-order chi connectivity index (χ0) is 22.0. The van der Waals surface area contributed by atoms with Crippen molar-refractivity contribution in [1.82, 2.24) is 14.7 Å². The van der Waals surface area contributed by atoms with Gasteiger partial charge in [0.15, 0.2) is 0 Å². The third-order valence-electron chi connectivity index (χ3n) is 6.70. The first-order chi connectivity index (χ1) is 14.9. The number of fused-ring (bicyclic) bond motifs is 1. The number of piperazine rings is 1. The molecule has 2 amide bonds. The van der Waals surface area contributed by atoms with Crippen molar-refractivity contribution >= 4 is 28.2 Å². The van der Waals surface area contributed by atoms with E-state index in [1.54, 1.807) is 11.3 Å². The molecule has 168 valence electrons. The van der Waals surface area contributed by atoms with Gasteiger partial charge in [-0.3, -0.25) is 19.4 Å². The van der Waals surface area contributed by atoms with Crippen molar-refractivity contribution in [2.45, 2.75) is 39.5 Å². The highest BCUT2D eigenvalue weighted by atomic mass is 32.1. The molecule has 1 aromatic rings. The number of hydrogen-bond acceptors (Lipinski definition) is 6. The van der Waals surface area contributed by atoms with Crippen LogP contribution in [0.2, 0.25) is 0 Å². The molecule has 2 saturated heterocycles. The monoisotopic (exact) mass is 443 g/mol. The van der Waals surface area contributed by atoms with Crippen molar-refractivity contribution in [2.24, 2.45) is 11.8 Å². The summed E-state index contributed by atoms with van der Waals surface area (Å²) in [6.07, 6.45) is 4.27. The summed E-state index contributed by atoms with van der Waals surface area (Å²) in [5, 5.41) is 13.2. The Hall–Kier alpha value is -1.95. The molecular formula is C23H33N5O2S. The Morgan fingerprint density at radius 2 is 1.71 bits per heavy atom. The first-order valence-electron chi connectivity index (χ1n) is 11.5. The van der Waals surface area contributed by atoms with E-state index < -0.39 is 0 Å². The Morgan fingerprint density at radius 1 is 1.06 bits per heavy atom. The van der Waals surface area contributed by atoms with Gasteiger partial charge in [-0.25, -0.2) is 0 Å². The molecule has 0 radical (unpaired) electrons. The third-order valence-corrected chi connectivity index (χ3v) is 7.91. The molecule has 4 rings (SSSR count). The second-order valence-corrected chi connectivity index (χ2v) is 10.6. The molecule has 1 aromatic heterocycles. The Bertz CT molecular complexity index is 858. The molecule has 1 aliphatic carbocycles. The maximum absolute atomic E-state index is 12.7. The van der Waals surface area contributed by atoms with Gasteiger partial charge in [-0.2, -0.15) is 5.26 Å². The predicted molar refractivity (Wildman–Crippen MR) is 122 cm³/mol. The van der Waals surface area contributed by atoms with Crippen LogP contribution in [-0.2, 0) is 22.4 Å². The van der Waals surface area contributed by atoms with Gasteiger partial charge in [0.05, 0.1) is 18.7 Å². The van der Waals surface area contributed by atoms with E-state index in [2.05, 4.69) is 35.0 Å². The number of thiophene rings is 1. The summed E-state index contributed by atoms with van der Waals surface area (Å²) in [6, 6.07) is 2.28. The van der Waals surface area contributed by atoms with Crippen LogP contribution in [0.4, 0.5) is 5.00 Å². The van der Waals surface area contributed by atoms with Gasteiger partial charge >= 0.3 is 0 Å². The number of hydrogen-bond donors (Lipinski definition) is 1. The molecule has 0 aromatic carbocycles. The quantitative estimate of drug-likeness (QED) is 0.755. The van der Waals surface area contributed by atoms with Crippen molar-refractivity contribution in [2.75, 3.05) is 57.7 Å². The zero-order valence-corrected chi connectivity index (χ0v) is 19.5. The molecule has 31 heavy (non-hydrogen) atoms. The highest BCUT2D eigenvalue weighted by molar-refractivity contribution is 7.16. The number of nitrogens with zero attached hydrogens (tertiary/aromatic N) is 4. The van der Waals surface area contributed by atoms with Crippen LogP contribution in [0.15, 0.2) is 0 Å². The van der Waals surface area contributed by atoms with E-state index in [1.807, 2.05) is 4.90 Å². The molecule has 2 atom stereocenters. The summed E-state index contributed by atoms with van der Waals surface area (Å²) in [4.78, 5) is 32.9. The number of nitriles is 1. The van der Waals surface area contributed by atoms with Gasteiger partial charge in [0, 0.05) is 44.1 Å². The molecule has 2 aliphatic heterocycles. The molecular weight excluding hydrogens is 410 g/mol. The highest BCUT2D eigenvalue weighted by Crippen LogP contribution is 2.38. The second kappa shape index (κ2) is 9.68. The van der Waals surface area contributed by atoms with Crippen molar-refractivity contribution in [1.29, 1.82) is 5.26 Å². The molecule has 1 N–H and O–H groups in total. The molecule has 0 saturated carbocycles. The summed E-state index contributed by atoms with van der Waals surface area (Å²) >= 11 is 1.56. The fourth-order valence-corrected chi connectivity index (χ4v) is 6.50.